The smallest absolute Gasteiger partial charge is 0.365 e. The summed E-state index contributed by atoms with van der Waals surface area (Å²) in [6.07, 6.45) is 3.99. The lowest BCUT2D eigenvalue weighted by Crippen LogP contribution is -2.19. The second-order valence-electron chi connectivity index (χ2n) is 5.40. The standard InChI is InChI=1S/C14H14N6O2S/c21-14-15-17-18-20(14)12-3-1-2-10(9-4-5-9)11(12)8-22-13-6-7-19(23)16-13/h1-3,6-7,9,23H,4-5,8H2,(H,15,18,21). The summed E-state index contributed by atoms with van der Waals surface area (Å²) < 4.78 is 8.39. The van der Waals surface area contributed by atoms with E-state index in [2.05, 4.69) is 39.5 Å². The third kappa shape index (κ3) is 2.74. The molecule has 0 atom stereocenters. The van der Waals surface area contributed by atoms with E-state index < -0.39 is 0 Å². The fourth-order valence-corrected chi connectivity index (χ4v) is 2.76. The Morgan fingerprint density at radius 3 is 2.87 bits per heavy atom. The van der Waals surface area contributed by atoms with Crippen LogP contribution in [0.1, 0.15) is 29.9 Å². The fraction of sp³-hybridized carbons (Fsp3) is 0.286. The van der Waals surface area contributed by atoms with Crippen LogP contribution in [0.2, 0.25) is 0 Å². The minimum atomic E-state index is -0.376. The van der Waals surface area contributed by atoms with Crippen LogP contribution < -0.4 is 10.4 Å². The first-order valence-electron chi connectivity index (χ1n) is 7.22. The van der Waals surface area contributed by atoms with Crippen LogP contribution in [0.25, 0.3) is 5.69 Å². The number of tetrazole rings is 1. The molecule has 2 aromatic heterocycles. The lowest BCUT2D eigenvalue weighted by molar-refractivity contribution is 0.291. The third-order valence-electron chi connectivity index (χ3n) is 3.82. The molecule has 0 bridgehead atoms. The molecule has 1 fully saturated rings. The van der Waals surface area contributed by atoms with Gasteiger partial charge in [0.15, 0.2) is 0 Å². The van der Waals surface area contributed by atoms with Gasteiger partial charge in [-0.2, -0.15) is 4.68 Å². The molecule has 1 aliphatic carbocycles. The zero-order valence-electron chi connectivity index (χ0n) is 12.1. The zero-order valence-corrected chi connectivity index (χ0v) is 13.0. The van der Waals surface area contributed by atoms with Crippen LogP contribution in [-0.4, -0.2) is 29.4 Å². The van der Waals surface area contributed by atoms with Crippen molar-refractivity contribution in [2.75, 3.05) is 0 Å². The monoisotopic (exact) mass is 330 g/mol. The zero-order chi connectivity index (χ0) is 15.8. The number of nitrogens with zero attached hydrogens (tertiary/aromatic N) is 5. The van der Waals surface area contributed by atoms with Crippen LogP contribution >= 0.6 is 12.8 Å². The maximum absolute atomic E-state index is 11.9. The Morgan fingerprint density at radius 1 is 1.35 bits per heavy atom. The molecule has 0 aliphatic heterocycles. The molecule has 0 radical (unpaired) electrons. The number of hydrogen-bond donors (Lipinski definition) is 2. The van der Waals surface area contributed by atoms with Gasteiger partial charge in [-0.3, -0.25) is 0 Å². The lowest BCUT2D eigenvalue weighted by atomic mass is 10.0. The van der Waals surface area contributed by atoms with Crippen LogP contribution in [0.5, 0.6) is 5.88 Å². The van der Waals surface area contributed by atoms with E-state index in [1.54, 1.807) is 12.3 Å². The summed E-state index contributed by atoms with van der Waals surface area (Å²) in [7, 11) is 0. The third-order valence-corrected chi connectivity index (χ3v) is 4.04. The molecule has 4 rings (SSSR count). The van der Waals surface area contributed by atoms with Crippen molar-refractivity contribution in [2.45, 2.75) is 25.4 Å². The molecule has 0 unspecified atom stereocenters. The van der Waals surface area contributed by atoms with E-state index in [-0.39, 0.29) is 5.69 Å². The van der Waals surface area contributed by atoms with Gasteiger partial charge in [-0.15, -0.1) is 5.10 Å². The van der Waals surface area contributed by atoms with E-state index in [4.69, 9.17) is 4.74 Å². The molecule has 1 aromatic carbocycles. The van der Waals surface area contributed by atoms with E-state index >= 15 is 0 Å². The Labute approximate surface area is 136 Å². The predicted molar refractivity (Wildman–Crippen MR) is 84.9 cm³/mol. The molecule has 1 N–H and O–H groups in total. The average Bonchev–Trinajstić information content (AvgIpc) is 3.18. The maximum atomic E-state index is 11.9. The normalized spacial score (nSPS) is 14.1. The Hall–Kier alpha value is -2.55. The Bertz CT molecular complexity index is 895. The largest absolute Gasteiger partial charge is 0.472 e. The van der Waals surface area contributed by atoms with Crippen LogP contribution in [-0.2, 0) is 6.61 Å². The van der Waals surface area contributed by atoms with Crippen LogP contribution in [0, 0.1) is 0 Å². The number of H-pyrrole nitrogens is 1. The highest BCUT2D eigenvalue weighted by Crippen LogP contribution is 2.42. The molecule has 3 aromatic rings. The summed E-state index contributed by atoms with van der Waals surface area (Å²) >= 11 is 4.09. The first kappa shape index (κ1) is 14.1. The van der Waals surface area contributed by atoms with Gasteiger partial charge in [0.2, 0.25) is 5.88 Å². The molecular formula is C14H14N6O2S. The van der Waals surface area contributed by atoms with E-state index in [1.165, 1.54) is 14.3 Å². The van der Waals surface area contributed by atoms with Crippen molar-refractivity contribution < 1.29 is 4.74 Å². The minimum absolute atomic E-state index is 0.298. The highest BCUT2D eigenvalue weighted by Gasteiger charge is 2.28. The molecule has 0 spiro atoms. The number of aromatic nitrogens is 6. The summed E-state index contributed by atoms with van der Waals surface area (Å²) in [4.78, 5) is 11.9. The molecule has 1 saturated carbocycles. The van der Waals surface area contributed by atoms with Crippen LogP contribution in [0.15, 0.2) is 35.3 Å². The van der Waals surface area contributed by atoms with Gasteiger partial charge in [0.05, 0.1) is 5.69 Å². The van der Waals surface area contributed by atoms with Crippen molar-refractivity contribution in [3.05, 3.63) is 52.1 Å². The van der Waals surface area contributed by atoms with E-state index in [1.807, 2.05) is 12.1 Å². The Kier molecular flexibility index (Phi) is 3.41. The molecule has 23 heavy (non-hydrogen) atoms. The summed E-state index contributed by atoms with van der Waals surface area (Å²) in [5.74, 6) is 0.989. The Balaban J connectivity index is 1.73. The summed E-state index contributed by atoms with van der Waals surface area (Å²) in [5, 5.41) is 13.8. The molecule has 0 saturated heterocycles. The summed E-state index contributed by atoms with van der Waals surface area (Å²) in [5.41, 5.74) is 2.42. The molecule has 118 valence electrons. The molecule has 0 amide bonds. The van der Waals surface area contributed by atoms with E-state index in [0.29, 0.717) is 24.1 Å². The number of rotatable bonds is 5. The minimum Gasteiger partial charge on any atom is -0.472 e. The van der Waals surface area contributed by atoms with Crippen LogP contribution in [0.3, 0.4) is 0 Å². The van der Waals surface area contributed by atoms with Crippen molar-refractivity contribution >= 4 is 12.8 Å². The number of aromatic amines is 1. The Morgan fingerprint density at radius 2 is 2.22 bits per heavy atom. The molecule has 2 heterocycles. The fourth-order valence-electron chi connectivity index (χ4n) is 2.60. The number of benzene rings is 1. The maximum Gasteiger partial charge on any atom is 0.365 e. The second-order valence-corrected chi connectivity index (χ2v) is 5.81. The van der Waals surface area contributed by atoms with Gasteiger partial charge < -0.3 is 4.74 Å². The van der Waals surface area contributed by atoms with Crippen molar-refractivity contribution in [2.24, 2.45) is 0 Å². The predicted octanol–water partition coefficient (Wildman–Crippen LogP) is 1.30. The SMILES string of the molecule is O=c1[nH]nnn1-c1cccc(C2CC2)c1COc1ccn(S)n1. The van der Waals surface area contributed by atoms with Gasteiger partial charge in [-0.25, -0.2) is 14.0 Å². The van der Waals surface area contributed by atoms with Gasteiger partial charge in [0, 0.05) is 17.8 Å². The highest BCUT2D eigenvalue weighted by molar-refractivity contribution is 7.78. The lowest BCUT2D eigenvalue weighted by Gasteiger charge is -2.13. The first-order chi connectivity index (χ1) is 11.2. The summed E-state index contributed by atoms with van der Waals surface area (Å²) in [6, 6.07) is 7.57. The van der Waals surface area contributed by atoms with Gasteiger partial charge in [-0.05, 0) is 53.6 Å². The summed E-state index contributed by atoms with van der Waals surface area (Å²) in [6.45, 7) is 0.298. The van der Waals surface area contributed by atoms with Crippen molar-refractivity contribution in [1.29, 1.82) is 0 Å². The van der Waals surface area contributed by atoms with Gasteiger partial charge in [-0.1, -0.05) is 12.1 Å². The molecule has 9 heteroatoms. The second kappa shape index (κ2) is 5.58. The quantitative estimate of drug-likeness (QED) is 0.688. The van der Waals surface area contributed by atoms with E-state index in [9.17, 15) is 4.79 Å². The molecule has 8 nitrogen and oxygen atoms in total. The van der Waals surface area contributed by atoms with Gasteiger partial charge in [0.25, 0.3) is 0 Å². The van der Waals surface area contributed by atoms with Crippen molar-refractivity contribution in [3.8, 4) is 11.6 Å². The van der Waals surface area contributed by atoms with E-state index in [0.717, 1.165) is 18.4 Å². The van der Waals surface area contributed by atoms with Crippen molar-refractivity contribution in [1.82, 2.24) is 29.4 Å². The first-order valence-corrected chi connectivity index (χ1v) is 7.62. The topological polar surface area (TPSA) is 90.6 Å². The van der Waals surface area contributed by atoms with Crippen LogP contribution in [0.4, 0.5) is 0 Å². The molecule has 1 aliphatic rings. The number of nitrogens with one attached hydrogen (secondary N) is 1. The number of ether oxygens (including phenoxy) is 1. The number of hydrogen-bond acceptors (Lipinski definition) is 6. The van der Waals surface area contributed by atoms with Crippen molar-refractivity contribution in [3.63, 3.8) is 0 Å². The average molecular weight is 330 g/mol. The van der Waals surface area contributed by atoms with Gasteiger partial charge >= 0.3 is 5.69 Å². The molecular weight excluding hydrogens is 316 g/mol. The highest BCUT2D eigenvalue weighted by atomic mass is 32.1. The van der Waals surface area contributed by atoms with Gasteiger partial charge in [0.1, 0.15) is 6.61 Å². The number of thiol groups is 1.